The SMILES string of the molecule is CNS(=O)(=O)c1ccc(C(=O)N2CCOC(C)C2)o1. The van der Waals surface area contributed by atoms with E-state index in [0.717, 1.165) is 0 Å². The van der Waals surface area contributed by atoms with Gasteiger partial charge in [0.1, 0.15) is 0 Å². The van der Waals surface area contributed by atoms with Crippen molar-refractivity contribution in [2.24, 2.45) is 0 Å². The number of hydrogen-bond donors (Lipinski definition) is 1. The highest BCUT2D eigenvalue weighted by molar-refractivity contribution is 7.89. The molecule has 1 N–H and O–H groups in total. The van der Waals surface area contributed by atoms with Gasteiger partial charge in [-0.25, -0.2) is 13.1 Å². The molecule has 0 bridgehead atoms. The maximum Gasteiger partial charge on any atom is 0.289 e. The second-order valence-corrected chi connectivity index (χ2v) is 6.08. The van der Waals surface area contributed by atoms with Crippen molar-refractivity contribution in [3.8, 4) is 0 Å². The van der Waals surface area contributed by atoms with Gasteiger partial charge in [-0.1, -0.05) is 0 Å². The van der Waals surface area contributed by atoms with Crippen LogP contribution in [-0.4, -0.2) is 52.1 Å². The fourth-order valence-corrected chi connectivity index (χ4v) is 2.49. The number of amides is 1. The van der Waals surface area contributed by atoms with E-state index >= 15 is 0 Å². The van der Waals surface area contributed by atoms with Crippen LogP contribution in [0.1, 0.15) is 17.5 Å². The monoisotopic (exact) mass is 288 g/mol. The zero-order valence-corrected chi connectivity index (χ0v) is 11.6. The van der Waals surface area contributed by atoms with Crippen molar-refractivity contribution in [1.82, 2.24) is 9.62 Å². The molecular weight excluding hydrogens is 272 g/mol. The molecule has 0 saturated carbocycles. The lowest BCUT2D eigenvalue weighted by Crippen LogP contribution is -2.44. The van der Waals surface area contributed by atoms with E-state index in [2.05, 4.69) is 4.72 Å². The van der Waals surface area contributed by atoms with Gasteiger partial charge < -0.3 is 14.1 Å². The molecule has 19 heavy (non-hydrogen) atoms. The Morgan fingerprint density at radius 3 is 2.84 bits per heavy atom. The van der Waals surface area contributed by atoms with Crippen LogP contribution in [0.4, 0.5) is 0 Å². The van der Waals surface area contributed by atoms with Gasteiger partial charge in [-0.05, 0) is 26.1 Å². The van der Waals surface area contributed by atoms with E-state index in [9.17, 15) is 13.2 Å². The first-order chi connectivity index (χ1) is 8.94. The lowest BCUT2D eigenvalue weighted by Gasteiger charge is -2.30. The zero-order valence-electron chi connectivity index (χ0n) is 10.8. The molecule has 1 aliphatic rings. The highest BCUT2D eigenvalue weighted by Gasteiger charge is 2.26. The second-order valence-electron chi connectivity index (χ2n) is 4.26. The van der Waals surface area contributed by atoms with Gasteiger partial charge in [0.2, 0.25) is 5.09 Å². The van der Waals surface area contributed by atoms with Gasteiger partial charge in [-0.15, -0.1) is 0 Å². The Balaban J connectivity index is 2.16. The van der Waals surface area contributed by atoms with Crippen LogP contribution in [-0.2, 0) is 14.8 Å². The third-order valence-corrected chi connectivity index (χ3v) is 4.14. The van der Waals surface area contributed by atoms with Gasteiger partial charge in [0.15, 0.2) is 5.76 Å². The quantitative estimate of drug-likeness (QED) is 0.849. The molecule has 8 heteroatoms. The third-order valence-electron chi connectivity index (χ3n) is 2.85. The molecule has 1 atom stereocenters. The lowest BCUT2D eigenvalue weighted by molar-refractivity contribution is -0.0136. The molecule has 0 aromatic carbocycles. The maximum absolute atomic E-state index is 12.1. The first kappa shape index (κ1) is 14.0. The summed E-state index contributed by atoms with van der Waals surface area (Å²) in [7, 11) is -2.38. The largest absolute Gasteiger partial charge is 0.438 e. The number of hydrogen-bond acceptors (Lipinski definition) is 5. The lowest BCUT2D eigenvalue weighted by atomic mass is 10.3. The molecule has 7 nitrogen and oxygen atoms in total. The van der Waals surface area contributed by atoms with Crippen molar-refractivity contribution in [3.63, 3.8) is 0 Å². The number of carbonyl (C=O) groups excluding carboxylic acids is 1. The van der Waals surface area contributed by atoms with Crippen LogP contribution in [0, 0.1) is 0 Å². The normalized spacial score (nSPS) is 20.5. The fourth-order valence-electron chi connectivity index (χ4n) is 1.84. The Hall–Kier alpha value is -1.38. The van der Waals surface area contributed by atoms with Crippen molar-refractivity contribution in [3.05, 3.63) is 17.9 Å². The molecule has 2 heterocycles. The van der Waals surface area contributed by atoms with Crippen molar-refractivity contribution >= 4 is 15.9 Å². The summed E-state index contributed by atoms with van der Waals surface area (Å²) in [5.41, 5.74) is 0. The molecule has 0 spiro atoms. The van der Waals surface area contributed by atoms with Gasteiger partial charge in [0, 0.05) is 13.1 Å². The summed E-state index contributed by atoms with van der Waals surface area (Å²) in [6.07, 6.45) is -0.0341. The predicted octanol–water partition coefficient (Wildman–Crippen LogP) is 0.0486. The van der Waals surface area contributed by atoms with E-state index in [4.69, 9.17) is 9.15 Å². The number of carbonyl (C=O) groups is 1. The summed E-state index contributed by atoms with van der Waals surface area (Å²) < 4.78 is 35.6. The number of nitrogens with zero attached hydrogens (tertiary/aromatic N) is 1. The van der Waals surface area contributed by atoms with Gasteiger partial charge in [-0.2, -0.15) is 0 Å². The van der Waals surface area contributed by atoms with Crippen molar-refractivity contribution in [2.45, 2.75) is 18.1 Å². The molecule has 1 aromatic rings. The maximum atomic E-state index is 12.1. The molecule has 1 unspecified atom stereocenters. The van der Waals surface area contributed by atoms with Gasteiger partial charge in [-0.3, -0.25) is 4.79 Å². The number of ether oxygens (including phenoxy) is 1. The number of morpholine rings is 1. The van der Waals surface area contributed by atoms with Crippen LogP contribution >= 0.6 is 0 Å². The number of nitrogens with one attached hydrogen (secondary N) is 1. The zero-order chi connectivity index (χ0) is 14.0. The van der Waals surface area contributed by atoms with Crippen LogP contribution < -0.4 is 4.72 Å². The van der Waals surface area contributed by atoms with Gasteiger partial charge in [0.25, 0.3) is 15.9 Å². The van der Waals surface area contributed by atoms with Crippen LogP contribution in [0.5, 0.6) is 0 Å². The standard InChI is InChI=1S/C11H16N2O5S/c1-8-7-13(5-6-17-8)11(14)9-3-4-10(18-9)19(15,16)12-2/h3-4,8,12H,5-7H2,1-2H3. The summed E-state index contributed by atoms with van der Waals surface area (Å²) in [6, 6.07) is 2.63. The molecule has 1 saturated heterocycles. The van der Waals surface area contributed by atoms with Crippen LogP contribution in [0.3, 0.4) is 0 Å². The minimum Gasteiger partial charge on any atom is -0.438 e. The Labute approximate surface area is 111 Å². The molecule has 1 amide bonds. The molecule has 0 radical (unpaired) electrons. The van der Waals surface area contributed by atoms with Gasteiger partial charge in [0.05, 0.1) is 12.7 Å². The predicted molar refractivity (Wildman–Crippen MR) is 66.3 cm³/mol. The van der Waals surface area contributed by atoms with E-state index in [0.29, 0.717) is 19.7 Å². The molecule has 0 aliphatic carbocycles. The molecule has 1 aliphatic heterocycles. The average molecular weight is 288 g/mol. The minimum atomic E-state index is -3.66. The Morgan fingerprint density at radius 1 is 1.47 bits per heavy atom. The smallest absolute Gasteiger partial charge is 0.289 e. The number of sulfonamides is 1. The van der Waals surface area contributed by atoms with Gasteiger partial charge >= 0.3 is 0 Å². The Morgan fingerprint density at radius 2 is 2.21 bits per heavy atom. The van der Waals surface area contributed by atoms with E-state index in [-0.39, 0.29) is 22.9 Å². The summed E-state index contributed by atoms with van der Waals surface area (Å²) in [5, 5.41) is -0.264. The number of furan rings is 1. The Kier molecular flexibility index (Phi) is 3.93. The molecule has 1 fully saturated rings. The van der Waals surface area contributed by atoms with Crippen LogP contribution in [0.15, 0.2) is 21.6 Å². The van der Waals surface area contributed by atoms with Crippen molar-refractivity contribution in [1.29, 1.82) is 0 Å². The summed E-state index contributed by atoms with van der Waals surface area (Å²) in [5.74, 6) is -0.310. The van der Waals surface area contributed by atoms with Crippen molar-refractivity contribution < 1.29 is 22.4 Å². The minimum absolute atomic E-state index is 0.0166. The summed E-state index contributed by atoms with van der Waals surface area (Å²) >= 11 is 0. The topological polar surface area (TPSA) is 88.9 Å². The summed E-state index contributed by atoms with van der Waals surface area (Å²) in [4.78, 5) is 13.7. The highest BCUT2D eigenvalue weighted by Crippen LogP contribution is 2.16. The first-order valence-electron chi connectivity index (χ1n) is 5.88. The van der Waals surface area contributed by atoms with E-state index in [1.807, 2.05) is 6.92 Å². The first-order valence-corrected chi connectivity index (χ1v) is 7.36. The van der Waals surface area contributed by atoms with E-state index < -0.39 is 10.0 Å². The molecule has 2 rings (SSSR count). The van der Waals surface area contributed by atoms with Crippen molar-refractivity contribution in [2.75, 3.05) is 26.7 Å². The van der Waals surface area contributed by atoms with Crippen LogP contribution in [0.25, 0.3) is 0 Å². The fraction of sp³-hybridized carbons (Fsp3) is 0.545. The van der Waals surface area contributed by atoms with E-state index in [1.165, 1.54) is 19.2 Å². The molecule has 106 valence electrons. The Bertz CT molecular complexity index is 565. The number of rotatable bonds is 3. The summed E-state index contributed by atoms with van der Waals surface area (Å²) in [6.45, 7) is 3.28. The molecular formula is C11H16N2O5S. The van der Waals surface area contributed by atoms with E-state index in [1.54, 1.807) is 4.90 Å². The van der Waals surface area contributed by atoms with Crippen LogP contribution in [0.2, 0.25) is 0 Å². The molecule has 1 aromatic heterocycles. The average Bonchev–Trinajstić information content (AvgIpc) is 2.88. The second kappa shape index (κ2) is 5.32. The highest BCUT2D eigenvalue weighted by atomic mass is 32.2. The third kappa shape index (κ3) is 2.96.